The van der Waals surface area contributed by atoms with E-state index in [1.807, 2.05) is 56.3 Å². The Morgan fingerprint density at radius 3 is 2.10 bits per heavy atom. The van der Waals surface area contributed by atoms with Crippen LogP contribution in [0.4, 0.5) is 0 Å². The molecule has 0 bridgehead atoms. The van der Waals surface area contributed by atoms with E-state index < -0.39 is 0 Å². The summed E-state index contributed by atoms with van der Waals surface area (Å²) in [5.74, 6) is 0.620. The molecule has 0 amide bonds. The highest BCUT2D eigenvalue weighted by atomic mass is 35.5. The molecule has 1 aromatic carbocycles. The Morgan fingerprint density at radius 1 is 0.762 bits per heavy atom. The van der Waals surface area contributed by atoms with Crippen molar-refractivity contribution < 1.29 is 0 Å². The lowest BCUT2D eigenvalue weighted by atomic mass is 10.1. The maximum atomic E-state index is 6.16. The molecule has 0 unspecified atom stereocenters. The Bertz CT molecular complexity index is 765. The fraction of sp³-hybridized carbons (Fsp3) is 0.118. The summed E-state index contributed by atoms with van der Waals surface area (Å²) in [6.45, 7) is 3.91. The number of hydrogen-bond donors (Lipinski definition) is 0. The molecule has 0 atom stereocenters. The quantitative estimate of drug-likeness (QED) is 0.654. The second-order valence-electron chi connectivity index (χ2n) is 4.90. The molecule has 3 aromatic rings. The Balaban J connectivity index is 2.14. The first-order valence-corrected chi connectivity index (χ1v) is 7.05. The van der Waals surface area contributed by atoms with E-state index in [0.717, 1.165) is 28.2 Å². The first kappa shape index (κ1) is 13.7. The summed E-state index contributed by atoms with van der Waals surface area (Å²) in [5.41, 5.74) is 4.65. The van der Waals surface area contributed by atoms with Gasteiger partial charge >= 0.3 is 0 Å². The average molecular weight is 296 g/mol. The third-order valence-corrected chi connectivity index (χ3v) is 3.30. The standard InChI is InChI=1S/C17H14ClN3/c1-11-8-14(9-12(2)19-11)17-20-15(10-16(18)21-17)13-6-4-3-5-7-13/h3-10H,1-2H3. The van der Waals surface area contributed by atoms with Crippen LogP contribution in [0.2, 0.25) is 5.15 Å². The van der Waals surface area contributed by atoms with E-state index in [-0.39, 0.29) is 0 Å². The van der Waals surface area contributed by atoms with Gasteiger partial charge in [-0.05, 0) is 26.0 Å². The number of nitrogens with zero attached hydrogens (tertiary/aromatic N) is 3. The number of pyridine rings is 1. The number of aryl methyl sites for hydroxylation is 2. The van der Waals surface area contributed by atoms with Gasteiger partial charge in [-0.15, -0.1) is 0 Å². The van der Waals surface area contributed by atoms with Crippen LogP contribution < -0.4 is 0 Å². The maximum absolute atomic E-state index is 6.16. The number of aromatic nitrogens is 3. The van der Waals surface area contributed by atoms with Gasteiger partial charge in [0.2, 0.25) is 0 Å². The normalized spacial score (nSPS) is 10.6. The second kappa shape index (κ2) is 5.62. The molecule has 0 aliphatic heterocycles. The summed E-state index contributed by atoms with van der Waals surface area (Å²) in [5, 5.41) is 0.436. The molecule has 21 heavy (non-hydrogen) atoms. The van der Waals surface area contributed by atoms with E-state index in [2.05, 4.69) is 15.0 Å². The zero-order chi connectivity index (χ0) is 14.8. The molecular formula is C17H14ClN3. The minimum Gasteiger partial charge on any atom is -0.258 e. The minimum absolute atomic E-state index is 0.436. The molecule has 0 aliphatic rings. The number of benzene rings is 1. The van der Waals surface area contributed by atoms with Crippen LogP contribution in [-0.2, 0) is 0 Å². The van der Waals surface area contributed by atoms with Crippen molar-refractivity contribution >= 4 is 11.6 Å². The van der Waals surface area contributed by atoms with Gasteiger partial charge in [-0.2, -0.15) is 0 Å². The van der Waals surface area contributed by atoms with Crippen molar-refractivity contribution in [3.63, 3.8) is 0 Å². The van der Waals surface area contributed by atoms with Crippen molar-refractivity contribution in [3.8, 4) is 22.6 Å². The zero-order valence-electron chi connectivity index (χ0n) is 11.8. The van der Waals surface area contributed by atoms with Crippen molar-refractivity contribution in [2.24, 2.45) is 0 Å². The lowest BCUT2D eigenvalue weighted by Gasteiger charge is -2.07. The van der Waals surface area contributed by atoms with Gasteiger partial charge in [0.1, 0.15) is 5.15 Å². The first-order chi connectivity index (χ1) is 10.1. The van der Waals surface area contributed by atoms with Crippen LogP contribution >= 0.6 is 11.6 Å². The second-order valence-corrected chi connectivity index (χ2v) is 5.29. The summed E-state index contributed by atoms with van der Waals surface area (Å²) in [4.78, 5) is 13.3. The van der Waals surface area contributed by atoms with E-state index in [0.29, 0.717) is 11.0 Å². The van der Waals surface area contributed by atoms with Gasteiger partial charge in [-0.25, -0.2) is 9.97 Å². The maximum Gasteiger partial charge on any atom is 0.161 e. The lowest BCUT2D eigenvalue weighted by molar-refractivity contribution is 1.10. The average Bonchev–Trinajstić information content (AvgIpc) is 2.46. The fourth-order valence-corrected chi connectivity index (χ4v) is 2.45. The van der Waals surface area contributed by atoms with Gasteiger partial charge in [0.15, 0.2) is 5.82 Å². The van der Waals surface area contributed by atoms with E-state index in [1.165, 1.54) is 0 Å². The monoisotopic (exact) mass is 295 g/mol. The Kier molecular flexibility index (Phi) is 3.67. The molecule has 3 nitrogen and oxygen atoms in total. The van der Waals surface area contributed by atoms with E-state index in [4.69, 9.17) is 11.6 Å². The SMILES string of the molecule is Cc1cc(-c2nc(Cl)cc(-c3ccccc3)n2)cc(C)n1. The summed E-state index contributed by atoms with van der Waals surface area (Å²) in [6.07, 6.45) is 0. The molecule has 0 aliphatic carbocycles. The predicted octanol–water partition coefficient (Wildman–Crippen LogP) is 4.48. The molecular weight excluding hydrogens is 282 g/mol. The van der Waals surface area contributed by atoms with E-state index >= 15 is 0 Å². The van der Waals surface area contributed by atoms with Gasteiger partial charge < -0.3 is 0 Å². The van der Waals surface area contributed by atoms with Crippen molar-refractivity contribution in [2.75, 3.05) is 0 Å². The third-order valence-electron chi connectivity index (χ3n) is 3.10. The van der Waals surface area contributed by atoms with Crippen molar-refractivity contribution in [2.45, 2.75) is 13.8 Å². The largest absolute Gasteiger partial charge is 0.258 e. The molecule has 0 saturated carbocycles. The topological polar surface area (TPSA) is 38.7 Å². The summed E-state index contributed by atoms with van der Waals surface area (Å²) >= 11 is 6.16. The fourth-order valence-electron chi connectivity index (χ4n) is 2.27. The molecule has 2 aromatic heterocycles. The summed E-state index contributed by atoms with van der Waals surface area (Å²) < 4.78 is 0. The van der Waals surface area contributed by atoms with E-state index in [1.54, 1.807) is 6.07 Å². The van der Waals surface area contributed by atoms with Crippen LogP contribution in [0.5, 0.6) is 0 Å². The molecule has 0 spiro atoms. The van der Waals surface area contributed by atoms with Gasteiger partial charge in [-0.3, -0.25) is 4.98 Å². The predicted molar refractivity (Wildman–Crippen MR) is 85.2 cm³/mol. The molecule has 0 N–H and O–H groups in total. The van der Waals surface area contributed by atoms with Crippen LogP contribution in [0.25, 0.3) is 22.6 Å². The third kappa shape index (κ3) is 3.09. The van der Waals surface area contributed by atoms with Gasteiger partial charge in [-0.1, -0.05) is 41.9 Å². The molecule has 0 saturated heterocycles. The number of halogens is 1. The molecule has 3 rings (SSSR count). The molecule has 2 heterocycles. The Labute approximate surface area is 128 Å². The molecule has 0 radical (unpaired) electrons. The Hall–Kier alpha value is -2.26. The zero-order valence-corrected chi connectivity index (χ0v) is 12.6. The highest BCUT2D eigenvalue weighted by molar-refractivity contribution is 6.29. The smallest absolute Gasteiger partial charge is 0.161 e. The van der Waals surface area contributed by atoms with Crippen LogP contribution in [0.3, 0.4) is 0 Å². The Morgan fingerprint density at radius 2 is 1.43 bits per heavy atom. The van der Waals surface area contributed by atoms with Gasteiger partial charge in [0.05, 0.1) is 5.69 Å². The number of hydrogen-bond acceptors (Lipinski definition) is 3. The van der Waals surface area contributed by atoms with Gasteiger partial charge in [0, 0.05) is 28.6 Å². The van der Waals surface area contributed by atoms with Crippen molar-refractivity contribution in [1.29, 1.82) is 0 Å². The van der Waals surface area contributed by atoms with Gasteiger partial charge in [0.25, 0.3) is 0 Å². The highest BCUT2D eigenvalue weighted by Gasteiger charge is 2.09. The van der Waals surface area contributed by atoms with Crippen LogP contribution in [0, 0.1) is 13.8 Å². The lowest BCUT2D eigenvalue weighted by Crippen LogP contribution is -1.95. The van der Waals surface area contributed by atoms with Crippen molar-refractivity contribution in [3.05, 3.63) is 65.1 Å². The number of rotatable bonds is 2. The minimum atomic E-state index is 0.436. The van der Waals surface area contributed by atoms with Crippen molar-refractivity contribution in [1.82, 2.24) is 15.0 Å². The van der Waals surface area contributed by atoms with Crippen LogP contribution in [0.1, 0.15) is 11.4 Å². The molecule has 0 fully saturated rings. The molecule has 4 heteroatoms. The van der Waals surface area contributed by atoms with Crippen LogP contribution in [0.15, 0.2) is 48.5 Å². The summed E-state index contributed by atoms with van der Waals surface area (Å²) in [6, 6.07) is 15.7. The summed E-state index contributed by atoms with van der Waals surface area (Å²) in [7, 11) is 0. The highest BCUT2D eigenvalue weighted by Crippen LogP contribution is 2.24. The molecule has 104 valence electrons. The first-order valence-electron chi connectivity index (χ1n) is 6.67. The van der Waals surface area contributed by atoms with Crippen LogP contribution in [-0.4, -0.2) is 15.0 Å². The van der Waals surface area contributed by atoms with E-state index in [9.17, 15) is 0 Å².